The second-order valence-corrected chi connectivity index (χ2v) is 8.84. The summed E-state index contributed by atoms with van der Waals surface area (Å²) in [5.41, 5.74) is 4.69. The summed E-state index contributed by atoms with van der Waals surface area (Å²) in [6, 6.07) is 13.4. The molecule has 9 nitrogen and oxygen atoms in total. The van der Waals surface area contributed by atoms with Gasteiger partial charge in [0.2, 0.25) is 11.8 Å². The number of carbonyl (C=O) groups excluding carboxylic acids is 4. The molecule has 3 amide bonds. The number of amides is 3. The van der Waals surface area contributed by atoms with E-state index in [0.717, 1.165) is 30.4 Å². The molecule has 0 saturated heterocycles. The zero-order valence-electron chi connectivity index (χ0n) is 20.5. The number of rotatable bonds is 11. The summed E-state index contributed by atoms with van der Waals surface area (Å²) >= 11 is 0. The smallest absolute Gasteiger partial charge is 0.333 e. The summed E-state index contributed by atoms with van der Waals surface area (Å²) in [7, 11) is 1.28. The molecule has 0 bridgehead atoms. The first-order valence-electron chi connectivity index (χ1n) is 12.2. The van der Waals surface area contributed by atoms with Crippen LogP contribution in [0.3, 0.4) is 0 Å². The lowest BCUT2D eigenvalue weighted by Crippen LogP contribution is -2.37. The van der Waals surface area contributed by atoms with Crippen LogP contribution in [0.5, 0.6) is 0 Å². The van der Waals surface area contributed by atoms with Crippen LogP contribution in [0.15, 0.2) is 48.5 Å². The van der Waals surface area contributed by atoms with Gasteiger partial charge in [0.1, 0.15) is 0 Å². The molecule has 3 rings (SSSR count). The topological polar surface area (TPSA) is 125 Å². The minimum absolute atomic E-state index is 0.0680. The standard InChI is InChI=1S/C27H33N3O6/c1-36-27(34)25(20-9-5-4-6-10-20)28-26(33)21-14-13-19-15-16-30(18-22(19)17-21)24(32)12-8-3-2-7-11-23(31)29-35/h4-6,9-10,13-14,17,25,35H,2-3,7-8,11-12,15-16,18H2,1H3,(H,28,33)(H,29,31)/t25-/m0/s1. The Morgan fingerprint density at radius 1 is 0.972 bits per heavy atom. The fourth-order valence-electron chi connectivity index (χ4n) is 4.30. The Morgan fingerprint density at radius 2 is 1.69 bits per heavy atom. The average Bonchev–Trinajstić information content (AvgIpc) is 2.92. The highest BCUT2D eigenvalue weighted by Gasteiger charge is 2.25. The van der Waals surface area contributed by atoms with Gasteiger partial charge in [-0.1, -0.05) is 49.2 Å². The molecule has 0 unspecified atom stereocenters. The molecule has 1 heterocycles. The molecule has 0 fully saturated rings. The number of hydrogen-bond donors (Lipinski definition) is 3. The van der Waals surface area contributed by atoms with E-state index in [1.165, 1.54) is 7.11 Å². The van der Waals surface area contributed by atoms with Crippen LogP contribution in [0, 0.1) is 0 Å². The van der Waals surface area contributed by atoms with Crippen molar-refractivity contribution in [2.75, 3.05) is 13.7 Å². The van der Waals surface area contributed by atoms with Crippen molar-refractivity contribution in [1.29, 1.82) is 0 Å². The third-order valence-electron chi connectivity index (χ3n) is 6.35. The van der Waals surface area contributed by atoms with E-state index in [1.54, 1.807) is 41.9 Å². The van der Waals surface area contributed by atoms with Gasteiger partial charge >= 0.3 is 5.97 Å². The molecule has 192 valence electrons. The van der Waals surface area contributed by atoms with Gasteiger partial charge < -0.3 is 15.0 Å². The molecule has 1 atom stereocenters. The number of esters is 1. The van der Waals surface area contributed by atoms with Gasteiger partial charge in [0, 0.05) is 31.5 Å². The first kappa shape index (κ1) is 26.9. The monoisotopic (exact) mass is 495 g/mol. The predicted molar refractivity (Wildman–Crippen MR) is 132 cm³/mol. The Hall–Kier alpha value is -3.72. The number of ether oxygens (including phenoxy) is 1. The molecule has 36 heavy (non-hydrogen) atoms. The van der Waals surface area contributed by atoms with Crippen LogP contribution in [-0.2, 0) is 32.1 Å². The summed E-state index contributed by atoms with van der Waals surface area (Å²) < 4.78 is 4.88. The fraction of sp³-hybridized carbons (Fsp3) is 0.407. The molecular weight excluding hydrogens is 462 g/mol. The third kappa shape index (κ3) is 7.39. The molecule has 2 aromatic carbocycles. The van der Waals surface area contributed by atoms with Gasteiger partial charge in [-0.3, -0.25) is 19.6 Å². The van der Waals surface area contributed by atoms with E-state index in [1.807, 2.05) is 17.0 Å². The van der Waals surface area contributed by atoms with E-state index in [2.05, 4.69) is 5.32 Å². The number of hydroxylamine groups is 1. The number of fused-ring (bicyclic) bond motifs is 1. The summed E-state index contributed by atoms with van der Waals surface area (Å²) in [6.45, 7) is 1.07. The first-order valence-corrected chi connectivity index (χ1v) is 12.2. The van der Waals surface area contributed by atoms with Gasteiger partial charge in [0.15, 0.2) is 6.04 Å². The second kappa shape index (κ2) is 13.4. The van der Waals surface area contributed by atoms with E-state index >= 15 is 0 Å². The Kier molecular flexibility index (Phi) is 10.00. The number of unbranched alkanes of at least 4 members (excludes halogenated alkanes) is 3. The second-order valence-electron chi connectivity index (χ2n) is 8.84. The van der Waals surface area contributed by atoms with Crippen LogP contribution in [0.1, 0.15) is 71.6 Å². The van der Waals surface area contributed by atoms with Gasteiger partial charge in [-0.2, -0.15) is 0 Å². The van der Waals surface area contributed by atoms with Crippen molar-refractivity contribution in [2.24, 2.45) is 0 Å². The van der Waals surface area contributed by atoms with Crippen LogP contribution < -0.4 is 10.8 Å². The quantitative estimate of drug-likeness (QED) is 0.190. The van der Waals surface area contributed by atoms with Gasteiger partial charge in [-0.25, -0.2) is 10.3 Å². The minimum atomic E-state index is -0.921. The van der Waals surface area contributed by atoms with Crippen molar-refractivity contribution >= 4 is 23.7 Å². The van der Waals surface area contributed by atoms with Crippen LogP contribution >= 0.6 is 0 Å². The van der Waals surface area contributed by atoms with Crippen molar-refractivity contribution in [3.63, 3.8) is 0 Å². The van der Waals surface area contributed by atoms with E-state index in [4.69, 9.17) is 9.94 Å². The maximum Gasteiger partial charge on any atom is 0.333 e. The fourth-order valence-corrected chi connectivity index (χ4v) is 4.30. The molecular formula is C27H33N3O6. The molecule has 1 aliphatic rings. The lowest BCUT2D eigenvalue weighted by Gasteiger charge is -2.29. The third-order valence-corrected chi connectivity index (χ3v) is 6.35. The van der Waals surface area contributed by atoms with Crippen LogP contribution in [0.2, 0.25) is 0 Å². The molecule has 0 aromatic heterocycles. The molecule has 9 heteroatoms. The minimum Gasteiger partial charge on any atom is -0.467 e. The average molecular weight is 496 g/mol. The summed E-state index contributed by atoms with van der Waals surface area (Å²) in [5, 5.41) is 11.3. The van der Waals surface area contributed by atoms with Crippen LogP contribution in [0.25, 0.3) is 0 Å². The molecule has 0 saturated carbocycles. The predicted octanol–water partition coefficient (Wildman–Crippen LogP) is 3.06. The Bertz CT molecular complexity index is 1070. The van der Waals surface area contributed by atoms with E-state index < -0.39 is 23.8 Å². The lowest BCUT2D eigenvalue weighted by molar-refractivity contribution is -0.143. The Labute approximate surface area is 210 Å². The number of carbonyl (C=O) groups is 4. The van der Waals surface area contributed by atoms with Gasteiger partial charge in [-0.05, 0) is 48.1 Å². The Balaban J connectivity index is 1.57. The molecule has 0 spiro atoms. The number of hydrogen-bond acceptors (Lipinski definition) is 6. The molecule has 0 aliphatic carbocycles. The largest absolute Gasteiger partial charge is 0.467 e. The van der Waals surface area contributed by atoms with Crippen LogP contribution in [-0.4, -0.2) is 47.5 Å². The summed E-state index contributed by atoms with van der Waals surface area (Å²) in [6.07, 6.45) is 4.48. The highest BCUT2D eigenvalue weighted by atomic mass is 16.5. The number of benzene rings is 2. The molecule has 1 aliphatic heterocycles. The van der Waals surface area contributed by atoms with Crippen molar-refractivity contribution in [3.8, 4) is 0 Å². The normalized spacial score (nSPS) is 13.3. The van der Waals surface area contributed by atoms with Crippen molar-refractivity contribution in [1.82, 2.24) is 15.7 Å². The van der Waals surface area contributed by atoms with E-state index in [9.17, 15) is 19.2 Å². The zero-order chi connectivity index (χ0) is 25.9. The van der Waals surface area contributed by atoms with E-state index in [-0.39, 0.29) is 12.3 Å². The Morgan fingerprint density at radius 3 is 2.39 bits per heavy atom. The number of methoxy groups -OCH3 is 1. The summed E-state index contributed by atoms with van der Waals surface area (Å²) in [4.78, 5) is 50.9. The zero-order valence-corrected chi connectivity index (χ0v) is 20.5. The molecule has 3 N–H and O–H groups in total. The van der Waals surface area contributed by atoms with Crippen LogP contribution in [0.4, 0.5) is 0 Å². The van der Waals surface area contributed by atoms with Gasteiger partial charge in [0.05, 0.1) is 7.11 Å². The van der Waals surface area contributed by atoms with E-state index in [0.29, 0.717) is 43.5 Å². The summed E-state index contributed by atoms with van der Waals surface area (Å²) in [5.74, 6) is -1.28. The lowest BCUT2D eigenvalue weighted by atomic mass is 9.96. The van der Waals surface area contributed by atoms with Gasteiger partial charge in [-0.15, -0.1) is 0 Å². The highest BCUT2D eigenvalue weighted by Crippen LogP contribution is 2.23. The molecule has 2 aromatic rings. The van der Waals surface area contributed by atoms with Gasteiger partial charge in [0.25, 0.3) is 5.91 Å². The van der Waals surface area contributed by atoms with Crippen molar-refractivity contribution in [3.05, 3.63) is 70.8 Å². The highest BCUT2D eigenvalue weighted by molar-refractivity contribution is 5.97. The molecule has 0 radical (unpaired) electrons. The van der Waals surface area contributed by atoms with Crippen molar-refractivity contribution in [2.45, 2.75) is 57.5 Å². The van der Waals surface area contributed by atoms with Crippen molar-refractivity contribution < 1.29 is 29.1 Å². The maximum atomic E-state index is 13.0. The maximum absolute atomic E-state index is 13.0. The number of nitrogens with one attached hydrogen (secondary N) is 2. The number of nitrogens with zero attached hydrogens (tertiary/aromatic N) is 1. The first-order chi connectivity index (χ1) is 17.4. The SMILES string of the molecule is COC(=O)[C@@H](NC(=O)c1ccc2c(c1)CN(C(=O)CCCCCCC(=O)NO)CC2)c1ccccc1.